The summed E-state index contributed by atoms with van der Waals surface area (Å²) in [4.78, 5) is 2.54. The topological polar surface area (TPSA) is 47.1 Å². The van der Waals surface area contributed by atoms with E-state index in [0.29, 0.717) is 12.6 Å². The quantitative estimate of drug-likeness (QED) is 0.888. The van der Waals surface area contributed by atoms with Gasteiger partial charge in [0.2, 0.25) is 0 Å². The zero-order valence-corrected chi connectivity index (χ0v) is 12.1. The van der Waals surface area contributed by atoms with Crippen LogP contribution < -0.4 is 5.73 Å². The van der Waals surface area contributed by atoms with Crippen molar-refractivity contribution < 1.29 is 0 Å². The summed E-state index contributed by atoms with van der Waals surface area (Å²) in [5.74, 6) is 1.58. The Labute approximate surface area is 110 Å². The lowest BCUT2D eigenvalue weighted by molar-refractivity contribution is 0.0980. The van der Waals surface area contributed by atoms with Gasteiger partial charge < -0.3 is 5.73 Å². The van der Waals surface area contributed by atoms with E-state index >= 15 is 0 Å². The maximum atomic E-state index is 6.02. The Hall–Kier alpha value is -0.870. The van der Waals surface area contributed by atoms with Crippen molar-refractivity contribution in [1.29, 1.82) is 0 Å². The normalized spacial score (nSPS) is 27.4. The van der Waals surface area contributed by atoms with Crippen LogP contribution in [0.15, 0.2) is 6.20 Å². The Balaban J connectivity index is 2.16. The smallest absolute Gasteiger partial charge is 0.0641 e. The molecule has 4 nitrogen and oxygen atoms in total. The van der Waals surface area contributed by atoms with Gasteiger partial charge in [0.05, 0.1) is 11.7 Å². The minimum absolute atomic E-state index is 0.327. The zero-order valence-electron chi connectivity index (χ0n) is 12.1. The van der Waals surface area contributed by atoms with Crippen LogP contribution in [-0.4, -0.2) is 34.3 Å². The molecule has 1 aliphatic heterocycles. The van der Waals surface area contributed by atoms with Crippen LogP contribution >= 0.6 is 0 Å². The van der Waals surface area contributed by atoms with Crippen LogP contribution in [0.2, 0.25) is 0 Å². The van der Waals surface area contributed by atoms with Gasteiger partial charge in [-0.05, 0) is 31.7 Å². The maximum absolute atomic E-state index is 6.02. The summed E-state index contributed by atoms with van der Waals surface area (Å²) in [5.41, 5.74) is 8.42. The van der Waals surface area contributed by atoms with E-state index < -0.39 is 0 Å². The van der Waals surface area contributed by atoms with Crippen molar-refractivity contribution in [1.82, 2.24) is 14.7 Å². The first-order valence-corrected chi connectivity index (χ1v) is 6.97. The highest BCUT2D eigenvalue weighted by Gasteiger charge is 2.29. The molecule has 1 aromatic heterocycles. The molecule has 0 saturated carbocycles. The van der Waals surface area contributed by atoms with Crippen LogP contribution in [0, 0.1) is 18.8 Å². The SMILES string of the molecule is Cc1nn(C)cc1C(CN)N1CCC(C)C(C)C1. The second-order valence-electron chi connectivity index (χ2n) is 5.83. The third-order valence-corrected chi connectivity index (χ3v) is 4.44. The van der Waals surface area contributed by atoms with Gasteiger partial charge in [0.15, 0.2) is 0 Å². The molecule has 2 N–H and O–H groups in total. The molecular formula is C14H26N4. The number of piperidine rings is 1. The van der Waals surface area contributed by atoms with Gasteiger partial charge in [0.1, 0.15) is 0 Å². The lowest BCUT2D eigenvalue weighted by Gasteiger charge is -2.39. The van der Waals surface area contributed by atoms with Crippen LogP contribution in [0.5, 0.6) is 0 Å². The molecule has 4 heteroatoms. The first-order chi connectivity index (χ1) is 8.52. The van der Waals surface area contributed by atoms with E-state index in [1.54, 1.807) is 0 Å². The lowest BCUT2D eigenvalue weighted by atomic mass is 9.87. The summed E-state index contributed by atoms with van der Waals surface area (Å²) in [7, 11) is 1.98. The number of hydrogen-bond donors (Lipinski definition) is 1. The van der Waals surface area contributed by atoms with E-state index in [1.807, 2.05) is 11.7 Å². The minimum atomic E-state index is 0.327. The Kier molecular flexibility index (Phi) is 4.07. The van der Waals surface area contributed by atoms with Gasteiger partial charge in [-0.15, -0.1) is 0 Å². The molecule has 0 amide bonds. The predicted octanol–water partition coefficient (Wildman–Crippen LogP) is 1.71. The van der Waals surface area contributed by atoms with Crippen LogP contribution in [0.1, 0.15) is 37.6 Å². The number of hydrogen-bond acceptors (Lipinski definition) is 3. The van der Waals surface area contributed by atoms with Crippen molar-refractivity contribution in [2.75, 3.05) is 19.6 Å². The molecule has 102 valence electrons. The van der Waals surface area contributed by atoms with E-state index in [9.17, 15) is 0 Å². The Morgan fingerprint density at radius 2 is 2.17 bits per heavy atom. The Bertz CT molecular complexity index is 398. The summed E-state index contributed by atoms with van der Waals surface area (Å²) in [6.45, 7) is 9.76. The molecule has 0 spiro atoms. The molecule has 18 heavy (non-hydrogen) atoms. The monoisotopic (exact) mass is 250 g/mol. The van der Waals surface area contributed by atoms with Crippen molar-refractivity contribution in [3.8, 4) is 0 Å². The fraction of sp³-hybridized carbons (Fsp3) is 0.786. The highest BCUT2D eigenvalue weighted by atomic mass is 15.3. The molecule has 0 radical (unpaired) electrons. The van der Waals surface area contributed by atoms with Crippen LogP contribution in [0.4, 0.5) is 0 Å². The molecule has 0 bridgehead atoms. The van der Waals surface area contributed by atoms with Crippen molar-refractivity contribution in [2.45, 2.75) is 33.2 Å². The summed E-state index contributed by atoms with van der Waals surface area (Å²) < 4.78 is 1.89. The molecule has 3 atom stereocenters. The summed E-state index contributed by atoms with van der Waals surface area (Å²) >= 11 is 0. The second kappa shape index (κ2) is 5.41. The fourth-order valence-electron chi connectivity index (χ4n) is 3.00. The number of nitrogens with zero attached hydrogens (tertiary/aromatic N) is 3. The third-order valence-electron chi connectivity index (χ3n) is 4.44. The average Bonchev–Trinajstić information content (AvgIpc) is 2.64. The average molecular weight is 250 g/mol. The molecule has 2 heterocycles. The number of likely N-dealkylation sites (tertiary alicyclic amines) is 1. The largest absolute Gasteiger partial charge is 0.329 e. The second-order valence-corrected chi connectivity index (χ2v) is 5.83. The van der Waals surface area contributed by atoms with E-state index in [2.05, 4.69) is 37.0 Å². The molecular weight excluding hydrogens is 224 g/mol. The van der Waals surface area contributed by atoms with Crippen molar-refractivity contribution >= 4 is 0 Å². The first-order valence-electron chi connectivity index (χ1n) is 6.97. The number of aryl methyl sites for hydroxylation is 2. The highest BCUT2D eigenvalue weighted by molar-refractivity contribution is 5.21. The van der Waals surface area contributed by atoms with Crippen molar-refractivity contribution in [3.63, 3.8) is 0 Å². The lowest BCUT2D eigenvalue weighted by Crippen LogP contribution is -2.43. The molecule has 3 unspecified atom stereocenters. The van der Waals surface area contributed by atoms with Gasteiger partial charge in [0.25, 0.3) is 0 Å². The summed E-state index contributed by atoms with van der Waals surface area (Å²) in [6, 6.07) is 0.327. The molecule has 0 aromatic carbocycles. The minimum Gasteiger partial charge on any atom is -0.329 e. The first kappa shape index (κ1) is 13.6. The van der Waals surface area contributed by atoms with Crippen molar-refractivity contribution in [3.05, 3.63) is 17.5 Å². The number of rotatable bonds is 3. The zero-order chi connectivity index (χ0) is 13.3. The third kappa shape index (κ3) is 2.59. The van der Waals surface area contributed by atoms with Gasteiger partial charge in [0, 0.05) is 31.9 Å². The van der Waals surface area contributed by atoms with Gasteiger partial charge >= 0.3 is 0 Å². The fourth-order valence-corrected chi connectivity index (χ4v) is 3.00. The van der Waals surface area contributed by atoms with Crippen LogP contribution in [-0.2, 0) is 7.05 Å². The van der Waals surface area contributed by atoms with Crippen LogP contribution in [0.3, 0.4) is 0 Å². The van der Waals surface area contributed by atoms with E-state index in [4.69, 9.17) is 5.73 Å². The van der Waals surface area contributed by atoms with Gasteiger partial charge in [-0.3, -0.25) is 9.58 Å². The summed E-state index contributed by atoms with van der Waals surface area (Å²) in [5, 5.41) is 4.44. The van der Waals surface area contributed by atoms with Gasteiger partial charge in [-0.1, -0.05) is 13.8 Å². The van der Waals surface area contributed by atoms with Gasteiger partial charge in [-0.25, -0.2) is 0 Å². The molecule has 2 rings (SSSR count). The molecule has 1 fully saturated rings. The molecule has 1 saturated heterocycles. The molecule has 0 aliphatic carbocycles. The van der Waals surface area contributed by atoms with Gasteiger partial charge in [-0.2, -0.15) is 5.10 Å². The Morgan fingerprint density at radius 3 is 2.67 bits per heavy atom. The van der Waals surface area contributed by atoms with Crippen LogP contribution in [0.25, 0.3) is 0 Å². The molecule has 1 aliphatic rings. The van der Waals surface area contributed by atoms with E-state index in [0.717, 1.165) is 30.6 Å². The molecule has 1 aromatic rings. The van der Waals surface area contributed by atoms with Crippen molar-refractivity contribution in [2.24, 2.45) is 24.6 Å². The predicted molar refractivity (Wildman–Crippen MR) is 74.3 cm³/mol. The Morgan fingerprint density at radius 1 is 1.44 bits per heavy atom. The van der Waals surface area contributed by atoms with E-state index in [-0.39, 0.29) is 0 Å². The number of nitrogens with two attached hydrogens (primary N) is 1. The van der Waals surface area contributed by atoms with E-state index in [1.165, 1.54) is 12.0 Å². The standard InChI is InChI=1S/C14H26N4/c1-10-5-6-18(8-11(10)2)14(7-15)13-9-17(4)16-12(13)3/h9-11,14H,5-8,15H2,1-4H3. The number of aromatic nitrogens is 2. The highest BCUT2D eigenvalue weighted by Crippen LogP contribution is 2.30. The maximum Gasteiger partial charge on any atom is 0.0641 e. The summed E-state index contributed by atoms with van der Waals surface area (Å²) in [6.07, 6.45) is 3.40.